The minimum Gasteiger partial charge on any atom is -0.467 e. The van der Waals surface area contributed by atoms with Crippen LogP contribution in [0.3, 0.4) is 0 Å². The Hall–Kier alpha value is -4.88. The number of hydrogen-bond acceptors (Lipinski definition) is 10. The zero-order chi connectivity index (χ0) is 30.3. The number of ether oxygens (including phenoxy) is 3. The molecule has 0 aliphatic carbocycles. The summed E-state index contributed by atoms with van der Waals surface area (Å²) in [6.45, 7) is 1.40. The van der Waals surface area contributed by atoms with Crippen LogP contribution in [0.2, 0.25) is 0 Å². The van der Waals surface area contributed by atoms with Crippen molar-refractivity contribution in [3.63, 3.8) is 0 Å². The van der Waals surface area contributed by atoms with Gasteiger partial charge in [-0.05, 0) is 42.3 Å². The van der Waals surface area contributed by atoms with E-state index in [0.29, 0.717) is 0 Å². The normalized spacial score (nSPS) is 11.8. The first kappa shape index (κ1) is 31.6. The first-order valence-electron chi connectivity index (χ1n) is 12.6. The number of methoxy groups -OCH3 is 1. The van der Waals surface area contributed by atoms with Gasteiger partial charge in [-0.15, -0.1) is 0 Å². The highest BCUT2D eigenvalue weighted by Gasteiger charge is 2.25. The van der Waals surface area contributed by atoms with Gasteiger partial charge in [-0.2, -0.15) is 0 Å². The molecule has 3 aromatic rings. The van der Waals surface area contributed by atoms with Crippen molar-refractivity contribution in [2.75, 3.05) is 12.4 Å². The van der Waals surface area contributed by atoms with Crippen molar-refractivity contribution < 1.29 is 42.4 Å². The fourth-order valence-corrected chi connectivity index (χ4v) is 3.68. The molecule has 3 aromatic carbocycles. The molecule has 3 rings (SSSR count). The third-order valence-electron chi connectivity index (χ3n) is 5.43. The lowest BCUT2D eigenvalue weighted by Crippen LogP contribution is -2.45. The predicted molar refractivity (Wildman–Crippen MR) is 153 cm³/mol. The monoisotopic (exact) mass is 595 g/mol. The van der Waals surface area contributed by atoms with Crippen molar-refractivity contribution in [1.82, 2.24) is 10.6 Å². The van der Waals surface area contributed by atoms with Crippen molar-refractivity contribution in [1.29, 1.82) is 0 Å². The smallest absolute Gasteiger partial charge is 0.409 e. The second kappa shape index (κ2) is 16.4. The van der Waals surface area contributed by atoms with Crippen molar-refractivity contribution in [2.24, 2.45) is 0 Å². The summed E-state index contributed by atoms with van der Waals surface area (Å²) in [5, 5.41) is 6.45. The quantitative estimate of drug-likeness (QED) is 0.120. The fraction of sp³-hybridized carbons (Fsp3) is 0.207. The van der Waals surface area contributed by atoms with Crippen LogP contribution in [0.15, 0.2) is 84.9 Å². The highest BCUT2D eigenvalue weighted by atomic mass is 32.2. The van der Waals surface area contributed by atoms with Crippen LogP contribution in [0.5, 0.6) is 0 Å². The Bertz CT molecular complexity index is 1360. The van der Waals surface area contributed by atoms with Crippen LogP contribution in [0, 0.1) is 0 Å². The Balaban J connectivity index is 1.60. The molecule has 220 valence electrons. The molecule has 3 amide bonds. The molecule has 0 aromatic heterocycles. The summed E-state index contributed by atoms with van der Waals surface area (Å²) in [4.78, 5) is 61.5. The summed E-state index contributed by atoms with van der Waals surface area (Å²) >= 11 is 0.232. The molecule has 0 saturated carbocycles. The summed E-state index contributed by atoms with van der Waals surface area (Å²) in [6, 6.07) is 22.7. The first-order chi connectivity index (χ1) is 20.2. The Morgan fingerprint density at radius 2 is 1.33 bits per heavy atom. The topological polar surface area (TPSA) is 158 Å². The molecule has 0 spiro atoms. The van der Waals surface area contributed by atoms with Crippen LogP contribution < -0.4 is 16.0 Å². The molecular weight excluding hydrogens is 566 g/mol. The molecule has 2 atom stereocenters. The maximum Gasteiger partial charge on any atom is 0.409 e. The van der Waals surface area contributed by atoms with Crippen LogP contribution in [0.25, 0.3) is 0 Å². The average Bonchev–Trinajstić information content (AvgIpc) is 3.01. The van der Waals surface area contributed by atoms with Gasteiger partial charge in [-0.1, -0.05) is 60.7 Å². The van der Waals surface area contributed by atoms with E-state index in [9.17, 15) is 24.0 Å². The van der Waals surface area contributed by atoms with Gasteiger partial charge in [-0.3, -0.25) is 19.1 Å². The Kier molecular flexibility index (Phi) is 12.4. The zero-order valence-electron chi connectivity index (χ0n) is 22.7. The number of nitrogens with one attached hydrogen (secondary N) is 3. The van der Waals surface area contributed by atoms with Gasteiger partial charge in [-0.25, -0.2) is 14.4 Å². The number of carbonyl (C=O) groups is 5. The van der Waals surface area contributed by atoms with Gasteiger partial charge in [0.05, 0.1) is 7.11 Å². The number of amides is 3. The Morgan fingerprint density at radius 1 is 0.762 bits per heavy atom. The highest BCUT2D eigenvalue weighted by molar-refractivity contribution is 8.09. The van der Waals surface area contributed by atoms with E-state index in [1.165, 1.54) is 38.3 Å². The van der Waals surface area contributed by atoms with Crippen LogP contribution in [0.4, 0.5) is 15.3 Å². The number of esters is 1. The minimum atomic E-state index is -1.66. The van der Waals surface area contributed by atoms with E-state index in [4.69, 9.17) is 13.7 Å². The third-order valence-corrected chi connectivity index (χ3v) is 5.97. The number of carbonyl (C=O) groups excluding carboxylic acids is 5. The second-order valence-corrected chi connectivity index (χ2v) is 9.27. The molecular formula is C29H29N3O9S. The molecule has 0 fully saturated rings. The number of alkyl carbamates (subject to hydrolysis) is 1. The lowest BCUT2D eigenvalue weighted by molar-refractivity contribution is -0.142. The van der Waals surface area contributed by atoms with Gasteiger partial charge >= 0.3 is 17.4 Å². The lowest BCUT2D eigenvalue weighted by Gasteiger charge is -2.18. The molecule has 0 unspecified atom stereocenters. The Morgan fingerprint density at radius 3 is 1.90 bits per heavy atom. The van der Waals surface area contributed by atoms with Crippen molar-refractivity contribution in [3.8, 4) is 0 Å². The van der Waals surface area contributed by atoms with Crippen LogP contribution in [-0.4, -0.2) is 48.6 Å². The van der Waals surface area contributed by atoms with Gasteiger partial charge in [0.2, 0.25) is 6.23 Å². The van der Waals surface area contributed by atoms with Crippen molar-refractivity contribution in [3.05, 3.63) is 102 Å². The van der Waals surface area contributed by atoms with Gasteiger partial charge in [0.15, 0.2) is 0 Å². The van der Waals surface area contributed by atoms with Gasteiger partial charge in [0, 0.05) is 11.3 Å². The molecule has 0 aliphatic heterocycles. The van der Waals surface area contributed by atoms with E-state index in [1.54, 1.807) is 48.5 Å². The maximum atomic E-state index is 13.0. The molecule has 0 aliphatic rings. The SMILES string of the molecule is COC(=O)[C@H](C)NC(=O)c1ccc(NC(=O)[C@@H](NC(=O)OCc2ccccc2)OSC(=O)OCc2ccccc2)cc1. The second-order valence-electron chi connectivity index (χ2n) is 8.57. The van der Waals surface area contributed by atoms with Gasteiger partial charge in [0.25, 0.3) is 11.8 Å². The fourth-order valence-electron chi connectivity index (χ4n) is 3.26. The predicted octanol–water partition coefficient (Wildman–Crippen LogP) is 4.17. The number of anilines is 1. The molecule has 0 heterocycles. The average molecular weight is 596 g/mol. The minimum absolute atomic E-state index is 0.0161. The molecule has 12 nitrogen and oxygen atoms in total. The van der Waals surface area contributed by atoms with E-state index in [1.807, 2.05) is 12.1 Å². The summed E-state index contributed by atoms with van der Waals surface area (Å²) in [5.41, 5.74) is 1.94. The van der Waals surface area contributed by atoms with Crippen molar-refractivity contribution in [2.45, 2.75) is 32.4 Å². The first-order valence-corrected chi connectivity index (χ1v) is 13.3. The van der Waals surface area contributed by atoms with Crippen LogP contribution in [0.1, 0.15) is 28.4 Å². The molecule has 0 radical (unpaired) electrons. The van der Waals surface area contributed by atoms with Crippen LogP contribution in [-0.2, 0) is 41.2 Å². The highest BCUT2D eigenvalue weighted by Crippen LogP contribution is 2.16. The summed E-state index contributed by atoms with van der Waals surface area (Å²) in [6.07, 6.45) is -2.63. The summed E-state index contributed by atoms with van der Waals surface area (Å²) in [5.74, 6) is -1.97. The number of benzene rings is 3. The number of hydrogen-bond donors (Lipinski definition) is 3. The zero-order valence-corrected chi connectivity index (χ0v) is 23.6. The van der Waals surface area contributed by atoms with E-state index in [2.05, 4.69) is 20.7 Å². The summed E-state index contributed by atoms with van der Waals surface area (Å²) < 4.78 is 20.2. The molecule has 42 heavy (non-hydrogen) atoms. The van der Waals surface area contributed by atoms with E-state index < -0.39 is 41.4 Å². The Labute approximate surface area is 246 Å². The third kappa shape index (κ3) is 10.6. The lowest BCUT2D eigenvalue weighted by atomic mass is 10.2. The van der Waals surface area contributed by atoms with E-state index >= 15 is 0 Å². The van der Waals surface area contributed by atoms with E-state index in [0.717, 1.165) is 11.1 Å². The van der Waals surface area contributed by atoms with Gasteiger partial charge in [0.1, 0.15) is 31.3 Å². The molecule has 0 bridgehead atoms. The standard InChI is InChI=1S/C29H29N3O9S/c1-19(27(35)38-2)30-24(33)22-13-15-23(16-14-22)31-25(34)26(32-28(36)39-17-20-9-5-3-6-10-20)41-42-29(37)40-18-21-11-7-4-8-12-21/h3-16,19,26H,17-18H2,1-2H3,(H,30,33)(H,31,34)(H,32,36)/t19-,26-/m0/s1. The number of rotatable bonds is 12. The van der Waals surface area contributed by atoms with E-state index in [-0.39, 0.29) is 36.5 Å². The van der Waals surface area contributed by atoms with Crippen LogP contribution >= 0.6 is 12.0 Å². The molecule has 3 N–H and O–H groups in total. The molecule has 0 saturated heterocycles. The largest absolute Gasteiger partial charge is 0.467 e. The summed E-state index contributed by atoms with van der Waals surface area (Å²) in [7, 11) is 1.21. The molecule has 13 heteroatoms. The van der Waals surface area contributed by atoms with Gasteiger partial charge < -0.3 is 24.8 Å². The maximum absolute atomic E-state index is 13.0. The van der Waals surface area contributed by atoms with Crippen molar-refractivity contribution >= 4 is 46.9 Å².